The van der Waals surface area contributed by atoms with Gasteiger partial charge in [0.1, 0.15) is 0 Å². The Labute approximate surface area is 116 Å². The number of aliphatic carboxylic acids is 1. The van der Waals surface area contributed by atoms with Crippen molar-refractivity contribution in [2.75, 3.05) is 33.7 Å². The van der Waals surface area contributed by atoms with E-state index in [1.54, 1.807) is 0 Å². The van der Waals surface area contributed by atoms with Gasteiger partial charge in [-0.25, -0.2) is 0 Å². The van der Waals surface area contributed by atoms with E-state index in [1.807, 2.05) is 13.8 Å². The highest BCUT2D eigenvalue weighted by Gasteiger charge is 2.16. The van der Waals surface area contributed by atoms with E-state index in [9.17, 15) is 9.59 Å². The minimum Gasteiger partial charge on any atom is -0.481 e. The van der Waals surface area contributed by atoms with Gasteiger partial charge in [-0.3, -0.25) is 9.59 Å². The number of nitrogens with one attached hydrogen (secondary N) is 1. The van der Waals surface area contributed by atoms with Crippen molar-refractivity contribution >= 4 is 11.9 Å². The van der Waals surface area contributed by atoms with Crippen molar-refractivity contribution in [3.63, 3.8) is 0 Å². The fraction of sp³-hybridized carbons (Fsp3) is 0.857. The third-order valence-corrected chi connectivity index (χ3v) is 3.48. The number of carbonyl (C=O) groups excluding carboxylic acids is 1. The lowest BCUT2D eigenvalue weighted by Crippen LogP contribution is -2.46. The molecule has 0 aliphatic carbocycles. The average molecular weight is 273 g/mol. The van der Waals surface area contributed by atoms with Crippen molar-refractivity contribution in [1.82, 2.24) is 5.32 Å². The zero-order valence-corrected chi connectivity index (χ0v) is 12.7. The topological polar surface area (TPSA) is 66.4 Å². The van der Waals surface area contributed by atoms with E-state index in [0.717, 1.165) is 36.8 Å². The number of likely N-dealkylation sites (N-methyl/N-ethyl adjacent to an activating group) is 1. The standard InChI is InChI=1S/C14H28N2O3/c1-5-12(2)14(19)15-9-11-16(3,4)10-7-6-8-13(17)18/h12H,5-11H2,1-4H3,(H-,15,17,18,19)/p+1. The molecule has 0 radical (unpaired) electrons. The van der Waals surface area contributed by atoms with Crippen LogP contribution >= 0.6 is 0 Å². The number of rotatable bonds is 10. The molecule has 0 bridgehead atoms. The quantitative estimate of drug-likeness (QED) is 0.468. The molecule has 0 saturated heterocycles. The fourth-order valence-electron chi connectivity index (χ4n) is 1.77. The van der Waals surface area contributed by atoms with E-state index in [-0.39, 0.29) is 18.2 Å². The predicted molar refractivity (Wildman–Crippen MR) is 75.8 cm³/mol. The van der Waals surface area contributed by atoms with E-state index >= 15 is 0 Å². The Bertz CT molecular complexity index is 290. The van der Waals surface area contributed by atoms with E-state index in [0.29, 0.717) is 6.54 Å². The zero-order valence-electron chi connectivity index (χ0n) is 12.7. The molecule has 0 aromatic rings. The third kappa shape index (κ3) is 9.47. The summed E-state index contributed by atoms with van der Waals surface area (Å²) in [5, 5.41) is 11.5. The molecule has 1 atom stereocenters. The first-order valence-corrected chi connectivity index (χ1v) is 7.10. The second-order valence-corrected chi connectivity index (χ2v) is 5.83. The molecule has 0 rings (SSSR count). The molecule has 0 aliphatic heterocycles. The van der Waals surface area contributed by atoms with Crippen LogP contribution in [-0.2, 0) is 9.59 Å². The lowest BCUT2D eigenvalue weighted by atomic mass is 10.1. The van der Waals surface area contributed by atoms with Crippen molar-refractivity contribution in [3.05, 3.63) is 0 Å². The first kappa shape index (κ1) is 17.9. The third-order valence-electron chi connectivity index (χ3n) is 3.48. The summed E-state index contributed by atoms with van der Waals surface area (Å²) in [6, 6.07) is 0. The summed E-state index contributed by atoms with van der Waals surface area (Å²) in [6.45, 7) is 6.42. The number of unbranched alkanes of at least 4 members (excludes halogenated alkanes) is 1. The number of quaternary nitrogens is 1. The van der Waals surface area contributed by atoms with Gasteiger partial charge < -0.3 is 14.9 Å². The minimum absolute atomic E-state index is 0.0752. The van der Waals surface area contributed by atoms with Gasteiger partial charge in [-0.05, 0) is 19.3 Å². The molecular weight excluding hydrogens is 244 g/mol. The zero-order chi connectivity index (χ0) is 14.9. The number of amides is 1. The van der Waals surface area contributed by atoms with Gasteiger partial charge >= 0.3 is 5.97 Å². The number of hydrogen-bond acceptors (Lipinski definition) is 2. The number of carbonyl (C=O) groups is 2. The van der Waals surface area contributed by atoms with Crippen molar-refractivity contribution in [3.8, 4) is 0 Å². The van der Waals surface area contributed by atoms with Gasteiger partial charge in [0.25, 0.3) is 0 Å². The van der Waals surface area contributed by atoms with Crippen LogP contribution in [0.25, 0.3) is 0 Å². The van der Waals surface area contributed by atoms with Crippen molar-refractivity contribution in [2.45, 2.75) is 39.5 Å². The Morgan fingerprint density at radius 2 is 1.84 bits per heavy atom. The van der Waals surface area contributed by atoms with Gasteiger partial charge in [0.05, 0.1) is 33.7 Å². The van der Waals surface area contributed by atoms with Crippen LogP contribution in [0.4, 0.5) is 0 Å². The summed E-state index contributed by atoms with van der Waals surface area (Å²) < 4.78 is 0.806. The van der Waals surface area contributed by atoms with E-state index in [2.05, 4.69) is 19.4 Å². The number of hydrogen-bond donors (Lipinski definition) is 2. The van der Waals surface area contributed by atoms with Gasteiger partial charge in [0, 0.05) is 12.3 Å². The van der Waals surface area contributed by atoms with Gasteiger partial charge in [-0.1, -0.05) is 13.8 Å². The van der Waals surface area contributed by atoms with Crippen molar-refractivity contribution in [1.29, 1.82) is 0 Å². The monoisotopic (exact) mass is 273 g/mol. The molecular formula is C14H29N2O3+. The summed E-state index contributed by atoms with van der Waals surface area (Å²) in [6.07, 6.45) is 2.72. The Hall–Kier alpha value is -1.10. The minimum atomic E-state index is -0.730. The molecule has 19 heavy (non-hydrogen) atoms. The fourth-order valence-corrected chi connectivity index (χ4v) is 1.77. The summed E-state index contributed by atoms with van der Waals surface area (Å²) in [5.41, 5.74) is 0. The highest BCUT2D eigenvalue weighted by Crippen LogP contribution is 2.04. The molecule has 2 N–H and O–H groups in total. The molecule has 0 heterocycles. The molecule has 0 aliphatic rings. The van der Waals surface area contributed by atoms with Crippen LogP contribution in [0.2, 0.25) is 0 Å². The molecule has 5 heteroatoms. The van der Waals surface area contributed by atoms with Gasteiger partial charge in [0.15, 0.2) is 0 Å². The lowest BCUT2D eigenvalue weighted by Gasteiger charge is -2.30. The molecule has 1 amide bonds. The molecule has 5 nitrogen and oxygen atoms in total. The largest absolute Gasteiger partial charge is 0.481 e. The summed E-state index contributed by atoms with van der Waals surface area (Å²) in [7, 11) is 4.21. The molecule has 0 aromatic carbocycles. The maximum Gasteiger partial charge on any atom is 0.303 e. The van der Waals surface area contributed by atoms with Crippen molar-refractivity contribution < 1.29 is 19.2 Å². The molecule has 1 unspecified atom stereocenters. The summed E-state index contributed by atoms with van der Waals surface area (Å²) in [5.74, 6) is -0.536. The van der Waals surface area contributed by atoms with Crippen LogP contribution in [0, 0.1) is 5.92 Å². The molecule has 0 spiro atoms. The van der Waals surface area contributed by atoms with E-state index in [4.69, 9.17) is 5.11 Å². The summed E-state index contributed by atoms with van der Waals surface area (Å²) in [4.78, 5) is 22.0. The van der Waals surface area contributed by atoms with E-state index in [1.165, 1.54) is 0 Å². The van der Waals surface area contributed by atoms with Crippen LogP contribution in [0.15, 0.2) is 0 Å². The first-order chi connectivity index (χ1) is 8.78. The Kier molecular flexibility index (Phi) is 8.39. The molecule has 0 aromatic heterocycles. The van der Waals surface area contributed by atoms with Crippen molar-refractivity contribution in [2.24, 2.45) is 5.92 Å². The Balaban J connectivity index is 3.78. The van der Waals surface area contributed by atoms with Gasteiger partial charge in [0.2, 0.25) is 5.91 Å². The molecule has 0 saturated carbocycles. The van der Waals surface area contributed by atoms with Gasteiger partial charge in [-0.2, -0.15) is 0 Å². The smallest absolute Gasteiger partial charge is 0.303 e. The number of carboxylic acid groups (broad SMARTS) is 1. The SMILES string of the molecule is CCC(C)C(=O)NCC[N+](C)(C)CCCCC(=O)O. The predicted octanol–water partition coefficient (Wildman–Crippen LogP) is 1.48. The maximum atomic E-state index is 11.6. The normalized spacial score (nSPS) is 13.1. The second kappa shape index (κ2) is 8.91. The Morgan fingerprint density at radius 1 is 1.21 bits per heavy atom. The van der Waals surface area contributed by atoms with Crippen LogP contribution < -0.4 is 5.32 Å². The lowest BCUT2D eigenvalue weighted by molar-refractivity contribution is -0.889. The molecule has 0 fully saturated rings. The van der Waals surface area contributed by atoms with Crippen LogP contribution in [-0.4, -0.2) is 55.2 Å². The first-order valence-electron chi connectivity index (χ1n) is 7.10. The van der Waals surface area contributed by atoms with E-state index < -0.39 is 5.97 Å². The van der Waals surface area contributed by atoms with Crippen LogP contribution in [0.1, 0.15) is 39.5 Å². The second-order valence-electron chi connectivity index (χ2n) is 5.83. The Morgan fingerprint density at radius 3 is 2.37 bits per heavy atom. The van der Waals surface area contributed by atoms with Crippen LogP contribution in [0.3, 0.4) is 0 Å². The highest BCUT2D eigenvalue weighted by molar-refractivity contribution is 5.78. The summed E-state index contributed by atoms with van der Waals surface area (Å²) >= 11 is 0. The van der Waals surface area contributed by atoms with Gasteiger partial charge in [-0.15, -0.1) is 0 Å². The maximum absolute atomic E-state index is 11.6. The number of nitrogens with zero attached hydrogens (tertiary/aromatic N) is 1. The van der Waals surface area contributed by atoms with Crippen LogP contribution in [0.5, 0.6) is 0 Å². The average Bonchev–Trinajstić information content (AvgIpc) is 2.33. The number of carboxylic acids is 1. The highest BCUT2D eigenvalue weighted by atomic mass is 16.4. The molecule has 112 valence electrons.